The van der Waals surface area contributed by atoms with Gasteiger partial charge in [0.2, 0.25) is 0 Å². The quantitative estimate of drug-likeness (QED) is 0.588. The number of pyridine rings is 1. The molecule has 0 spiro atoms. The molecule has 7 nitrogen and oxygen atoms in total. The number of carbonyl (C=O) groups is 1. The van der Waals surface area contributed by atoms with Crippen LogP contribution in [0.25, 0.3) is 22.4 Å². The number of nitrogens with zero attached hydrogens (tertiary/aromatic N) is 4. The molecule has 3 aromatic heterocycles. The zero-order valence-corrected chi connectivity index (χ0v) is 15.3. The fraction of sp³-hybridized carbons (Fsp3) is 0.200. The Labute approximate surface area is 156 Å². The molecule has 0 atom stereocenters. The van der Waals surface area contributed by atoms with Crippen molar-refractivity contribution in [2.45, 2.75) is 26.8 Å². The molecule has 0 bridgehead atoms. The molecular formula is C20H19N5O2. The molecule has 0 aliphatic heterocycles. The van der Waals surface area contributed by atoms with Crippen LogP contribution in [-0.2, 0) is 0 Å². The van der Waals surface area contributed by atoms with Crippen LogP contribution in [0, 0.1) is 6.92 Å². The van der Waals surface area contributed by atoms with Gasteiger partial charge in [-0.05, 0) is 51.1 Å². The third kappa shape index (κ3) is 3.19. The number of hydrogen-bond donors (Lipinski definition) is 1. The Hall–Kier alpha value is -3.48. The van der Waals surface area contributed by atoms with Crippen molar-refractivity contribution in [3.05, 3.63) is 60.4 Å². The first-order chi connectivity index (χ1) is 13.0. The maximum absolute atomic E-state index is 12.9. The Kier molecular flexibility index (Phi) is 4.19. The smallest absolute Gasteiger partial charge is 0.256 e. The van der Waals surface area contributed by atoms with Crippen LogP contribution in [0.3, 0.4) is 0 Å². The summed E-state index contributed by atoms with van der Waals surface area (Å²) in [7, 11) is 0. The fourth-order valence-electron chi connectivity index (χ4n) is 2.98. The summed E-state index contributed by atoms with van der Waals surface area (Å²) < 4.78 is 7.10. The minimum atomic E-state index is -0.193. The zero-order chi connectivity index (χ0) is 19.0. The standard InChI is InChI=1S/C20H19N5O2/c1-12(2)25-19-17(9-22-25)16(8-13(3)23-19)20(26)24-15-6-4-14(5-7-15)18-10-21-11-27-18/h4-12H,1-3H3,(H,24,26). The van der Waals surface area contributed by atoms with Gasteiger partial charge < -0.3 is 9.73 Å². The number of aryl methyl sites for hydroxylation is 1. The van der Waals surface area contributed by atoms with Crippen molar-refractivity contribution in [2.75, 3.05) is 5.32 Å². The van der Waals surface area contributed by atoms with Gasteiger partial charge in [-0.1, -0.05) is 0 Å². The summed E-state index contributed by atoms with van der Waals surface area (Å²) in [4.78, 5) is 21.3. The predicted molar refractivity (Wildman–Crippen MR) is 103 cm³/mol. The van der Waals surface area contributed by atoms with Crippen molar-refractivity contribution in [2.24, 2.45) is 0 Å². The lowest BCUT2D eigenvalue weighted by Crippen LogP contribution is -2.13. The topological polar surface area (TPSA) is 85.8 Å². The van der Waals surface area contributed by atoms with Gasteiger partial charge in [0.25, 0.3) is 5.91 Å². The van der Waals surface area contributed by atoms with E-state index >= 15 is 0 Å². The molecule has 0 saturated heterocycles. The van der Waals surface area contributed by atoms with Crippen LogP contribution in [0.15, 0.2) is 53.5 Å². The molecule has 0 aliphatic rings. The second-order valence-electron chi connectivity index (χ2n) is 6.63. The van der Waals surface area contributed by atoms with Crippen LogP contribution in [0.1, 0.15) is 35.9 Å². The number of benzene rings is 1. The number of fused-ring (bicyclic) bond motifs is 1. The normalized spacial score (nSPS) is 11.3. The number of anilines is 1. The number of rotatable bonds is 4. The molecular weight excluding hydrogens is 342 g/mol. The van der Waals surface area contributed by atoms with Crippen molar-refractivity contribution < 1.29 is 9.21 Å². The maximum Gasteiger partial charge on any atom is 0.256 e. The predicted octanol–water partition coefficient (Wildman–Crippen LogP) is 4.23. The van der Waals surface area contributed by atoms with Crippen LogP contribution in [0.4, 0.5) is 5.69 Å². The van der Waals surface area contributed by atoms with E-state index in [0.29, 0.717) is 17.0 Å². The largest absolute Gasteiger partial charge is 0.444 e. The Morgan fingerprint density at radius 3 is 2.63 bits per heavy atom. The minimum absolute atomic E-state index is 0.163. The van der Waals surface area contributed by atoms with Crippen LogP contribution in [0.5, 0.6) is 0 Å². The average Bonchev–Trinajstić information content (AvgIpc) is 3.31. The van der Waals surface area contributed by atoms with Gasteiger partial charge in [-0.3, -0.25) is 4.79 Å². The maximum atomic E-state index is 12.9. The Balaban J connectivity index is 1.63. The van der Waals surface area contributed by atoms with E-state index < -0.39 is 0 Å². The molecule has 27 heavy (non-hydrogen) atoms. The van der Waals surface area contributed by atoms with E-state index in [9.17, 15) is 4.79 Å². The van der Waals surface area contributed by atoms with E-state index in [1.54, 1.807) is 18.5 Å². The Bertz CT molecular complexity index is 1100. The number of hydrogen-bond acceptors (Lipinski definition) is 5. The van der Waals surface area contributed by atoms with Crippen LogP contribution in [0.2, 0.25) is 0 Å². The molecule has 0 aliphatic carbocycles. The first-order valence-electron chi connectivity index (χ1n) is 8.68. The van der Waals surface area contributed by atoms with Gasteiger partial charge in [0.15, 0.2) is 17.8 Å². The highest BCUT2D eigenvalue weighted by atomic mass is 16.3. The molecule has 0 fully saturated rings. The lowest BCUT2D eigenvalue weighted by Gasteiger charge is -2.10. The van der Waals surface area contributed by atoms with Gasteiger partial charge in [0.1, 0.15) is 0 Å². The number of nitrogens with one attached hydrogen (secondary N) is 1. The molecule has 0 unspecified atom stereocenters. The fourth-order valence-corrected chi connectivity index (χ4v) is 2.98. The van der Waals surface area contributed by atoms with Crippen molar-refractivity contribution in [3.63, 3.8) is 0 Å². The van der Waals surface area contributed by atoms with Crippen molar-refractivity contribution in [1.29, 1.82) is 0 Å². The number of aromatic nitrogens is 4. The van der Waals surface area contributed by atoms with Crippen molar-refractivity contribution in [3.8, 4) is 11.3 Å². The third-order valence-corrected chi connectivity index (χ3v) is 4.29. The minimum Gasteiger partial charge on any atom is -0.444 e. The van der Waals surface area contributed by atoms with E-state index in [0.717, 1.165) is 22.3 Å². The molecule has 1 aromatic carbocycles. The summed E-state index contributed by atoms with van der Waals surface area (Å²) in [6.07, 6.45) is 4.74. The van der Waals surface area contributed by atoms with Crippen LogP contribution in [-0.4, -0.2) is 25.7 Å². The molecule has 3 heterocycles. The van der Waals surface area contributed by atoms with Gasteiger partial charge in [-0.25, -0.2) is 14.6 Å². The van der Waals surface area contributed by atoms with Crippen molar-refractivity contribution in [1.82, 2.24) is 19.7 Å². The van der Waals surface area contributed by atoms with Gasteiger partial charge >= 0.3 is 0 Å². The Morgan fingerprint density at radius 2 is 1.96 bits per heavy atom. The van der Waals surface area contributed by atoms with E-state index in [1.807, 2.05) is 49.7 Å². The summed E-state index contributed by atoms with van der Waals surface area (Å²) in [5, 5.41) is 8.06. The summed E-state index contributed by atoms with van der Waals surface area (Å²) >= 11 is 0. The number of carbonyl (C=O) groups excluding carboxylic acids is 1. The lowest BCUT2D eigenvalue weighted by molar-refractivity contribution is 0.102. The van der Waals surface area contributed by atoms with E-state index in [1.165, 1.54) is 6.39 Å². The van der Waals surface area contributed by atoms with Crippen molar-refractivity contribution >= 4 is 22.6 Å². The monoisotopic (exact) mass is 361 g/mol. The molecule has 136 valence electrons. The highest BCUT2D eigenvalue weighted by Gasteiger charge is 2.17. The van der Waals surface area contributed by atoms with Crippen LogP contribution >= 0.6 is 0 Å². The highest BCUT2D eigenvalue weighted by Crippen LogP contribution is 2.24. The van der Waals surface area contributed by atoms with Gasteiger partial charge in [-0.15, -0.1) is 0 Å². The van der Waals surface area contributed by atoms with E-state index in [4.69, 9.17) is 4.42 Å². The Morgan fingerprint density at radius 1 is 1.19 bits per heavy atom. The molecule has 4 rings (SSSR count). The highest BCUT2D eigenvalue weighted by molar-refractivity contribution is 6.12. The molecule has 0 saturated carbocycles. The summed E-state index contributed by atoms with van der Waals surface area (Å²) in [5.41, 5.74) is 3.64. The second-order valence-corrected chi connectivity index (χ2v) is 6.63. The first-order valence-corrected chi connectivity index (χ1v) is 8.68. The summed E-state index contributed by atoms with van der Waals surface area (Å²) in [6.45, 7) is 5.94. The summed E-state index contributed by atoms with van der Waals surface area (Å²) in [5.74, 6) is 0.488. The van der Waals surface area contributed by atoms with E-state index in [-0.39, 0.29) is 11.9 Å². The average molecular weight is 361 g/mol. The van der Waals surface area contributed by atoms with Gasteiger partial charge in [0, 0.05) is 23.0 Å². The molecule has 4 aromatic rings. The lowest BCUT2D eigenvalue weighted by atomic mass is 10.1. The van der Waals surface area contributed by atoms with E-state index in [2.05, 4.69) is 20.4 Å². The first kappa shape index (κ1) is 17.0. The molecule has 1 amide bonds. The van der Waals surface area contributed by atoms with Crippen LogP contribution < -0.4 is 5.32 Å². The molecule has 7 heteroatoms. The number of amides is 1. The molecule has 1 N–H and O–H groups in total. The van der Waals surface area contributed by atoms with Gasteiger partial charge in [-0.2, -0.15) is 5.10 Å². The SMILES string of the molecule is Cc1cc(C(=O)Nc2ccc(-c3cnco3)cc2)c2cnn(C(C)C)c2n1. The zero-order valence-electron chi connectivity index (χ0n) is 15.3. The number of oxazole rings is 1. The third-order valence-electron chi connectivity index (χ3n) is 4.29. The molecule has 0 radical (unpaired) electrons. The summed E-state index contributed by atoms with van der Waals surface area (Å²) in [6, 6.07) is 9.36. The second kappa shape index (κ2) is 6.68. The van der Waals surface area contributed by atoms with Gasteiger partial charge in [0.05, 0.1) is 23.3 Å².